The summed E-state index contributed by atoms with van der Waals surface area (Å²) in [5.74, 6) is -2.48. The standard InChI is InChI=1S/C17H14O5/c1-3-22-17(20)14-15(18)12-7-9-4-5-11(21-2)6-10(9)8-13(12)16(14)19/h4-8,14H,3H2,1-2H3. The molecule has 0 bridgehead atoms. The molecule has 0 radical (unpaired) electrons. The summed E-state index contributed by atoms with van der Waals surface area (Å²) in [5, 5.41) is 1.59. The highest BCUT2D eigenvalue weighted by molar-refractivity contribution is 6.35. The third kappa shape index (κ3) is 2.06. The zero-order valence-electron chi connectivity index (χ0n) is 12.2. The fourth-order valence-electron chi connectivity index (χ4n) is 2.68. The van der Waals surface area contributed by atoms with Crippen LogP contribution in [0.5, 0.6) is 5.75 Å². The molecular formula is C17H14O5. The van der Waals surface area contributed by atoms with Gasteiger partial charge in [0.2, 0.25) is 0 Å². The molecule has 1 aliphatic carbocycles. The number of rotatable bonds is 3. The number of carbonyl (C=O) groups excluding carboxylic acids is 3. The van der Waals surface area contributed by atoms with Crippen LogP contribution >= 0.6 is 0 Å². The van der Waals surface area contributed by atoms with Crippen molar-refractivity contribution in [3.63, 3.8) is 0 Å². The summed E-state index contributed by atoms with van der Waals surface area (Å²) >= 11 is 0. The van der Waals surface area contributed by atoms with E-state index in [1.807, 2.05) is 6.07 Å². The van der Waals surface area contributed by atoms with Crippen LogP contribution in [0.3, 0.4) is 0 Å². The van der Waals surface area contributed by atoms with E-state index in [1.165, 1.54) is 0 Å². The Morgan fingerprint density at radius 3 is 2.27 bits per heavy atom. The number of esters is 1. The third-order valence-electron chi connectivity index (χ3n) is 3.76. The molecule has 5 heteroatoms. The Kier molecular flexibility index (Phi) is 3.41. The second kappa shape index (κ2) is 5.26. The Labute approximate surface area is 126 Å². The molecule has 22 heavy (non-hydrogen) atoms. The van der Waals surface area contributed by atoms with Gasteiger partial charge in [-0.05, 0) is 42.0 Å². The molecule has 0 N–H and O–H groups in total. The summed E-state index contributed by atoms with van der Waals surface area (Å²) in [5.41, 5.74) is 0.546. The largest absolute Gasteiger partial charge is 0.497 e. The van der Waals surface area contributed by atoms with E-state index in [4.69, 9.17) is 9.47 Å². The first-order valence-electron chi connectivity index (χ1n) is 6.93. The van der Waals surface area contributed by atoms with E-state index in [0.717, 1.165) is 10.8 Å². The van der Waals surface area contributed by atoms with Gasteiger partial charge in [0.05, 0.1) is 13.7 Å². The van der Waals surface area contributed by atoms with E-state index >= 15 is 0 Å². The van der Waals surface area contributed by atoms with Crippen molar-refractivity contribution in [3.8, 4) is 5.75 Å². The number of methoxy groups -OCH3 is 1. The minimum absolute atomic E-state index is 0.130. The van der Waals surface area contributed by atoms with Gasteiger partial charge in [0.15, 0.2) is 17.5 Å². The molecule has 0 heterocycles. The third-order valence-corrected chi connectivity index (χ3v) is 3.76. The predicted molar refractivity (Wildman–Crippen MR) is 79.3 cm³/mol. The maximum Gasteiger partial charge on any atom is 0.324 e. The number of benzene rings is 2. The van der Waals surface area contributed by atoms with Gasteiger partial charge in [-0.3, -0.25) is 14.4 Å². The van der Waals surface area contributed by atoms with Crippen LogP contribution in [0.2, 0.25) is 0 Å². The van der Waals surface area contributed by atoms with Crippen LogP contribution in [0.4, 0.5) is 0 Å². The quantitative estimate of drug-likeness (QED) is 0.643. The molecule has 112 valence electrons. The van der Waals surface area contributed by atoms with Crippen LogP contribution in [-0.4, -0.2) is 31.3 Å². The second-order valence-electron chi connectivity index (χ2n) is 5.02. The van der Waals surface area contributed by atoms with Crippen molar-refractivity contribution >= 4 is 28.3 Å². The van der Waals surface area contributed by atoms with E-state index in [-0.39, 0.29) is 17.7 Å². The van der Waals surface area contributed by atoms with Gasteiger partial charge in [-0.15, -0.1) is 0 Å². The monoisotopic (exact) mass is 298 g/mol. The first kappa shape index (κ1) is 14.3. The molecule has 0 saturated heterocycles. The number of Topliss-reactive ketones (excluding diaryl/α,β-unsaturated/α-hetero) is 2. The molecule has 0 saturated carbocycles. The number of hydrogen-bond acceptors (Lipinski definition) is 5. The van der Waals surface area contributed by atoms with Gasteiger partial charge in [0, 0.05) is 11.1 Å². The Balaban J connectivity index is 2.12. The van der Waals surface area contributed by atoms with Gasteiger partial charge in [0.1, 0.15) is 5.75 Å². The highest BCUT2D eigenvalue weighted by atomic mass is 16.5. The molecule has 0 spiro atoms. The molecule has 1 atom stereocenters. The summed E-state index contributed by atoms with van der Waals surface area (Å²) in [6.45, 7) is 1.76. The van der Waals surface area contributed by atoms with E-state index in [0.29, 0.717) is 5.75 Å². The lowest BCUT2D eigenvalue weighted by Crippen LogP contribution is -2.27. The molecule has 3 rings (SSSR count). The van der Waals surface area contributed by atoms with Gasteiger partial charge >= 0.3 is 5.97 Å². The zero-order valence-corrected chi connectivity index (χ0v) is 12.2. The Bertz CT molecular complexity index is 806. The molecule has 2 aromatic rings. The molecule has 0 fully saturated rings. The molecule has 1 unspecified atom stereocenters. The van der Waals surface area contributed by atoms with Crippen LogP contribution in [0.25, 0.3) is 10.8 Å². The fraction of sp³-hybridized carbons (Fsp3) is 0.235. The lowest BCUT2D eigenvalue weighted by atomic mass is 10.0. The van der Waals surface area contributed by atoms with Gasteiger partial charge in [-0.25, -0.2) is 0 Å². The highest BCUT2D eigenvalue weighted by Crippen LogP contribution is 2.32. The fourth-order valence-corrected chi connectivity index (χ4v) is 2.68. The second-order valence-corrected chi connectivity index (χ2v) is 5.02. The Morgan fingerprint density at radius 2 is 1.68 bits per heavy atom. The van der Waals surface area contributed by atoms with Crippen LogP contribution in [0, 0.1) is 5.92 Å². The molecule has 2 aromatic carbocycles. The van der Waals surface area contributed by atoms with Crippen molar-refractivity contribution in [2.75, 3.05) is 13.7 Å². The van der Waals surface area contributed by atoms with Crippen molar-refractivity contribution in [2.45, 2.75) is 6.92 Å². The highest BCUT2D eigenvalue weighted by Gasteiger charge is 2.44. The summed E-state index contributed by atoms with van der Waals surface area (Å²) in [4.78, 5) is 36.6. The van der Waals surface area contributed by atoms with Crippen LogP contribution < -0.4 is 4.74 Å². The van der Waals surface area contributed by atoms with E-state index in [2.05, 4.69) is 0 Å². The normalized spacial score (nSPS) is 16.7. The van der Waals surface area contributed by atoms with Crippen LogP contribution in [0.1, 0.15) is 27.6 Å². The zero-order chi connectivity index (χ0) is 15.9. The lowest BCUT2D eigenvalue weighted by molar-refractivity contribution is -0.144. The van der Waals surface area contributed by atoms with Crippen molar-refractivity contribution in [3.05, 3.63) is 41.5 Å². The van der Waals surface area contributed by atoms with Crippen molar-refractivity contribution < 1.29 is 23.9 Å². The minimum atomic E-state index is -1.37. The SMILES string of the molecule is CCOC(=O)C1C(=O)c2cc3ccc(OC)cc3cc2C1=O. The van der Waals surface area contributed by atoms with Crippen molar-refractivity contribution in [1.82, 2.24) is 0 Å². The average molecular weight is 298 g/mol. The molecule has 0 aromatic heterocycles. The Hall–Kier alpha value is -2.69. The van der Waals surface area contributed by atoms with Gasteiger partial charge in [-0.2, -0.15) is 0 Å². The molecule has 1 aliphatic rings. The number of hydrogen-bond donors (Lipinski definition) is 0. The van der Waals surface area contributed by atoms with Crippen molar-refractivity contribution in [1.29, 1.82) is 0 Å². The minimum Gasteiger partial charge on any atom is -0.497 e. The van der Waals surface area contributed by atoms with Crippen molar-refractivity contribution in [2.24, 2.45) is 5.92 Å². The van der Waals surface area contributed by atoms with E-state index in [9.17, 15) is 14.4 Å². The van der Waals surface area contributed by atoms with Crippen LogP contribution in [0.15, 0.2) is 30.3 Å². The lowest BCUT2D eigenvalue weighted by Gasteiger charge is -2.05. The predicted octanol–water partition coefficient (Wildman–Crippen LogP) is 2.41. The smallest absolute Gasteiger partial charge is 0.324 e. The maximum absolute atomic E-state index is 12.4. The Morgan fingerprint density at radius 1 is 1.05 bits per heavy atom. The first-order valence-corrected chi connectivity index (χ1v) is 6.93. The molecule has 0 aliphatic heterocycles. The summed E-state index contributed by atoms with van der Waals surface area (Å²) in [6, 6.07) is 8.64. The summed E-state index contributed by atoms with van der Waals surface area (Å²) in [7, 11) is 1.56. The number of ketones is 2. The number of ether oxygens (including phenoxy) is 2. The number of fused-ring (bicyclic) bond motifs is 2. The average Bonchev–Trinajstić information content (AvgIpc) is 2.76. The van der Waals surface area contributed by atoms with Gasteiger partial charge in [-0.1, -0.05) is 6.07 Å². The van der Waals surface area contributed by atoms with Crippen LogP contribution in [-0.2, 0) is 9.53 Å². The summed E-state index contributed by atoms with van der Waals surface area (Å²) in [6.07, 6.45) is 0. The van der Waals surface area contributed by atoms with Gasteiger partial charge < -0.3 is 9.47 Å². The topological polar surface area (TPSA) is 69.7 Å². The molecular weight excluding hydrogens is 284 g/mol. The summed E-state index contributed by atoms with van der Waals surface area (Å²) < 4.78 is 9.99. The first-order chi connectivity index (χ1) is 10.6. The molecule has 5 nitrogen and oxygen atoms in total. The maximum atomic E-state index is 12.4. The van der Waals surface area contributed by atoms with E-state index in [1.54, 1.807) is 38.3 Å². The number of carbonyl (C=O) groups is 3. The molecule has 0 amide bonds. The van der Waals surface area contributed by atoms with Gasteiger partial charge in [0.25, 0.3) is 0 Å². The van der Waals surface area contributed by atoms with E-state index < -0.39 is 23.5 Å².